The van der Waals surface area contributed by atoms with Crippen molar-refractivity contribution in [1.82, 2.24) is 24.6 Å². The molecular formula is C22H23F4N5O. The highest BCUT2D eigenvalue weighted by Crippen LogP contribution is 2.30. The quantitative estimate of drug-likeness (QED) is 0.559. The molecule has 4 rings (SSSR count). The van der Waals surface area contributed by atoms with E-state index in [1.54, 1.807) is 24.8 Å². The molecule has 3 heterocycles. The maximum absolute atomic E-state index is 13.9. The topological polar surface area (TPSA) is 54.3 Å². The maximum atomic E-state index is 13.9. The maximum Gasteiger partial charge on any atom is 0.264 e. The van der Waals surface area contributed by atoms with Gasteiger partial charge in [0.15, 0.2) is 17.3 Å². The molecule has 6 nitrogen and oxygen atoms in total. The van der Waals surface area contributed by atoms with Crippen molar-refractivity contribution in [3.63, 3.8) is 0 Å². The highest BCUT2D eigenvalue weighted by Gasteiger charge is 2.25. The molecule has 0 unspecified atom stereocenters. The molecule has 1 saturated heterocycles. The van der Waals surface area contributed by atoms with Crippen LogP contribution < -0.4 is 0 Å². The van der Waals surface area contributed by atoms with Crippen LogP contribution in [0.4, 0.5) is 17.6 Å². The highest BCUT2D eigenvalue weighted by molar-refractivity contribution is 5.84. The summed E-state index contributed by atoms with van der Waals surface area (Å²) in [6.45, 7) is 5.25. The molecule has 0 bridgehead atoms. The fourth-order valence-corrected chi connectivity index (χ4v) is 4.09. The molecule has 170 valence electrons. The number of alkyl halides is 2. The normalized spacial score (nSPS) is 15.2. The second-order valence-corrected chi connectivity index (χ2v) is 7.97. The van der Waals surface area contributed by atoms with Crippen LogP contribution in [-0.4, -0.2) is 56.7 Å². The van der Waals surface area contributed by atoms with Gasteiger partial charge in [0, 0.05) is 49.5 Å². The summed E-state index contributed by atoms with van der Waals surface area (Å²) in [5.41, 5.74) is 1.24. The smallest absolute Gasteiger partial charge is 0.264 e. The van der Waals surface area contributed by atoms with Crippen LogP contribution in [0.5, 0.6) is 0 Å². The van der Waals surface area contributed by atoms with Gasteiger partial charge in [0.25, 0.3) is 6.43 Å². The summed E-state index contributed by atoms with van der Waals surface area (Å²) < 4.78 is 55.6. The fraction of sp³-hybridized carbons (Fsp3) is 0.409. The van der Waals surface area contributed by atoms with Gasteiger partial charge < -0.3 is 4.90 Å². The number of hydrogen-bond donors (Lipinski definition) is 0. The second-order valence-electron chi connectivity index (χ2n) is 7.97. The zero-order valence-corrected chi connectivity index (χ0v) is 17.8. The van der Waals surface area contributed by atoms with Gasteiger partial charge in [-0.25, -0.2) is 27.2 Å². The van der Waals surface area contributed by atoms with Gasteiger partial charge in [-0.3, -0.25) is 9.69 Å². The van der Waals surface area contributed by atoms with Gasteiger partial charge in [-0.2, -0.15) is 5.10 Å². The summed E-state index contributed by atoms with van der Waals surface area (Å²) in [6, 6.07) is 5.44. The van der Waals surface area contributed by atoms with Gasteiger partial charge in [-0.05, 0) is 26.0 Å². The van der Waals surface area contributed by atoms with E-state index in [1.807, 2.05) is 4.90 Å². The van der Waals surface area contributed by atoms with Crippen molar-refractivity contribution >= 4 is 16.9 Å². The van der Waals surface area contributed by atoms with Gasteiger partial charge in [-0.15, -0.1) is 0 Å². The average Bonchev–Trinajstić information content (AvgIpc) is 3.06. The Labute approximate surface area is 182 Å². The number of piperazine rings is 1. The van der Waals surface area contributed by atoms with Crippen LogP contribution in [-0.2, 0) is 17.9 Å². The Morgan fingerprint density at radius 2 is 1.84 bits per heavy atom. The van der Waals surface area contributed by atoms with E-state index in [9.17, 15) is 22.4 Å². The molecule has 0 radical (unpaired) electrons. The summed E-state index contributed by atoms with van der Waals surface area (Å²) in [4.78, 5) is 20.8. The molecule has 3 aromatic rings. The third-order valence-electron chi connectivity index (χ3n) is 5.71. The van der Waals surface area contributed by atoms with Crippen molar-refractivity contribution in [2.75, 3.05) is 26.2 Å². The third kappa shape index (κ3) is 4.32. The van der Waals surface area contributed by atoms with Crippen molar-refractivity contribution < 1.29 is 22.4 Å². The first-order valence-electron chi connectivity index (χ1n) is 10.3. The van der Waals surface area contributed by atoms with Gasteiger partial charge in [0.05, 0.1) is 11.1 Å². The number of pyridine rings is 1. The van der Waals surface area contributed by atoms with E-state index in [0.717, 1.165) is 6.07 Å². The summed E-state index contributed by atoms with van der Waals surface area (Å²) in [6.07, 6.45) is -2.66. The molecule has 10 heteroatoms. The van der Waals surface area contributed by atoms with Crippen molar-refractivity contribution in [2.24, 2.45) is 0 Å². The number of carbonyl (C=O) groups is 1. The van der Waals surface area contributed by atoms with E-state index < -0.39 is 18.1 Å². The van der Waals surface area contributed by atoms with Gasteiger partial charge in [0.1, 0.15) is 6.54 Å². The first-order chi connectivity index (χ1) is 15.2. The molecule has 1 aromatic carbocycles. The Hall–Kier alpha value is -3.01. The Balaban J connectivity index is 1.43. The number of halogens is 4. The Kier molecular flexibility index (Phi) is 6.14. The Morgan fingerprint density at radius 3 is 2.53 bits per heavy atom. The molecule has 0 atom stereocenters. The van der Waals surface area contributed by atoms with Crippen molar-refractivity contribution in [1.29, 1.82) is 0 Å². The lowest BCUT2D eigenvalue weighted by Crippen LogP contribution is -2.49. The molecule has 2 aromatic heterocycles. The minimum atomic E-state index is -2.66. The fourth-order valence-electron chi connectivity index (χ4n) is 4.09. The highest BCUT2D eigenvalue weighted by atomic mass is 19.3. The largest absolute Gasteiger partial charge is 0.339 e. The van der Waals surface area contributed by atoms with Crippen LogP contribution in [0.15, 0.2) is 24.3 Å². The van der Waals surface area contributed by atoms with Crippen LogP contribution in [0, 0.1) is 25.5 Å². The molecule has 0 N–H and O–H groups in total. The number of aryl methyl sites for hydroxylation is 2. The summed E-state index contributed by atoms with van der Waals surface area (Å²) in [5, 5.41) is 4.56. The lowest BCUT2D eigenvalue weighted by Gasteiger charge is -2.34. The summed E-state index contributed by atoms with van der Waals surface area (Å²) in [5.74, 6) is -1.93. The van der Waals surface area contributed by atoms with Crippen LogP contribution in [0.2, 0.25) is 0 Å². The molecular weight excluding hydrogens is 426 g/mol. The van der Waals surface area contributed by atoms with Crippen molar-refractivity contribution in [3.05, 3.63) is 58.4 Å². The molecule has 1 aliphatic rings. The first-order valence-corrected chi connectivity index (χ1v) is 10.3. The minimum absolute atomic E-state index is 0.109. The second kappa shape index (κ2) is 8.85. The van der Waals surface area contributed by atoms with E-state index in [4.69, 9.17) is 0 Å². The van der Waals surface area contributed by atoms with Gasteiger partial charge in [-0.1, -0.05) is 12.1 Å². The number of hydrogen-bond acceptors (Lipinski definition) is 4. The van der Waals surface area contributed by atoms with Crippen LogP contribution >= 0.6 is 0 Å². The molecule has 1 aliphatic heterocycles. The standard InChI is InChI=1S/C22H23F4N5O/c1-13-10-16(21(25)26)19-14(2)28-31(22(19)27-13)12-18(32)30-8-6-29(7-9-30)11-15-4-3-5-17(23)20(15)24/h3-5,10,21H,6-9,11-12H2,1-2H3. The number of aromatic nitrogens is 3. The van der Waals surface area contributed by atoms with E-state index in [0.29, 0.717) is 37.6 Å². The number of fused-ring (bicyclic) bond motifs is 1. The zero-order valence-electron chi connectivity index (χ0n) is 17.8. The zero-order chi connectivity index (χ0) is 23.0. The minimum Gasteiger partial charge on any atom is -0.339 e. The van der Waals surface area contributed by atoms with Crippen LogP contribution in [0.25, 0.3) is 11.0 Å². The van der Waals surface area contributed by atoms with Crippen LogP contribution in [0.3, 0.4) is 0 Å². The number of benzene rings is 1. The SMILES string of the molecule is Cc1cc(C(F)F)c2c(C)nn(CC(=O)N3CCN(Cc4cccc(F)c4F)CC3)c2n1. The van der Waals surface area contributed by atoms with Crippen LogP contribution in [0.1, 0.15) is 28.9 Å². The molecule has 0 aliphatic carbocycles. The van der Waals surface area contributed by atoms with Crippen molar-refractivity contribution in [2.45, 2.75) is 33.4 Å². The molecule has 1 amide bonds. The Morgan fingerprint density at radius 1 is 1.12 bits per heavy atom. The number of carbonyl (C=O) groups excluding carboxylic acids is 1. The van der Waals surface area contributed by atoms with Gasteiger partial charge >= 0.3 is 0 Å². The lowest BCUT2D eigenvalue weighted by molar-refractivity contribution is -0.133. The number of rotatable bonds is 5. The van der Waals surface area contributed by atoms with Crippen molar-refractivity contribution in [3.8, 4) is 0 Å². The third-order valence-corrected chi connectivity index (χ3v) is 5.71. The Bertz CT molecular complexity index is 1150. The lowest BCUT2D eigenvalue weighted by atomic mass is 10.1. The average molecular weight is 449 g/mol. The molecule has 1 fully saturated rings. The van der Waals surface area contributed by atoms with E-state index in [2.05, 4.69) is 10.1 Å². The van der Waals surface area contributed by atoms with E-state index in [-0.39, 0.29) is 41.2 Å². The molecule has 32 heavy (non-hydrogen) atoms. The van der Waals surface area contributed by atoms with Gasteiger partial charge in [0.2, 0.25) is 5.91 Å². The summed E-state index contributed by atoms with van der Waals surface area (Å²) >= 11 is 0. The van der Waals surface area contributed by atoms with E-state index >= 15 is 0 Å². The predicted molar refractivity (Wildman–Crippen MR) is 110 cm³/mol. The predicted octanol–water partition coefficient (Wildman–Crippen LogP) is 3.61. The first kappa shape index (κ1) is 22.2. The molecule has 0 spiro atoms. The monoisotopic (exact) mass is 449 g/mol. The number of nitrogens with zero attached hydrogens (tertiary/aromatic N) is 5. The molecule has 0 saturated carbocycles. The van der Waals surface area contributed by atoms with E-state index in [1.165, 1.54) is 16.8 Å². The summed E-state index contributed by atoms with van der Waals surface area (Å²) in [7, 11) is 0. The number of amides is 1.